The summed E-state index contributed by atoms with van der Waals surface area (Å²) in [5, 5.41) is 10.2. The Morgan fingerprint density at radius 3 is 2.50 bits per heavy atom. The minimum absolute atomic E-state index is 0.0870. The second-order valence-electron chi connectivity index (χ2n) is 12.4. The van der Waals surface area contributed by atoms with Crippen LogP contribution in [0.3, 0.4) is 0 Å². The molecule has 3 fully saturated rings. The topological polar surface area (TPSA) is 20.2 Å². The second-order valence-corrected chi connectivity index (χ2v) is 12.4. The van der Waals surface area contributed by atoms with Crippen LogP contribution in [-0.4, -0.2) is 11.2 Å². The molecule has 0 spiro atoms. The highest BCUT2D eigenvalue weighted by Crippen LogP contribution is 2.67. The molecule has 3 saturated carbocycles. The van der Waals surface area contributed by atoms with E-state index in [-0.39, 0.29) is 6.10 Å². The van der Waals surface area contributed by atoms with Crippen LogP contribution in [0, 0.1) is 52.3 Å². The van der Waals surface area contributed by atoms with Gasteiger partial charge in [-0.05, 0) is 110 Å². The molecule has 0 radical (unpaired) electrons. The smallest absolute Gasteiger partial charge is 0.0577 e. The van der Waals surface area contributed by atoms with Gasteiger partial charge >= 0.3 is 0 Å². The van der Waals surface area contributed by atoms with Gasteiger partial charge in [0, 0.05) is 0 Å². The summed E-state index contributed by atoms with van der Waals surface area (Å²) >= 11 is 0. The fourth-order valence-electron chi connectivity index (χ4n) is 8.83. The quantitative estimate of drug-likeness (QED) is 0.457. The van der Waals surface area contributed by atoms with Gasteiger partial charge in [-0.1, -0.05) is 65.3 Å². The van der Waals surface area contributed by atoms with Gasteiger partial charge in [0.2, 0.25) is 0 Å². The predicted octanol–water partition coefficient (Wildman–Crippen LogP) is 7.80. The molecular formula is C29H48O. The van der Waals surface area contributed by atoms with Gasteiger partial charge in [0.15, 0.2) is 0 Å². The van der Waals surface area contributed by atoms with Crippen molar-refractivity contribution in [1.29, 1.82) is 0 Å². The van der Waals surface area contributed by atoms with E-state index in [0.29, 0.717) is 16.7 Å². The van der Waals surface area contributed by atoms with Gasteiger partial charge in [0.1, 0.15) is 0 Å². The first kappa shape index (κ1) is 22.6. The normalized spacial score (nSPS) is 45.6. The van der Waals surface area contributed by atoms with Crippen LogP contribution in [0.1, 0.15) is 99.3 Å². The lowest BCUT2D eigenvalue weighted by Crippen LogP contribution is -2.50. The number of rotatable bonds is 5. The fraction of sp³-hybridized carbons (Fsp3) is 0.862. The molecule has 1 N–H and O–H groups in total. The van der Waals surface area contributed by atoms with Crippen molar-refractivity contribution in [1.82, 2.24) is 0 Å². The Morgan fingerprint density at radius 1 is 1.03 bits per heavy atom. The molecule has 1 nitrogen and oxygen atoms in total. The van der Waals surface area contributed by atoms with Crippen LogP contribution in [0.2, 0.25) is 0 Å². The third-order valence-corrected chi connectivity index (χ3v) is 10.8. The van der Waals surface area contributed by atoms with E-state index in [1.165, 1.54) is 44.9 Å². The molecule has 5 unspecified atom stereocenters. The average molecular weight is 413 g/mol. The van der Waals surface area contributed by atoms with Crippen LogP contribution in [-0.2, 0) is 0 Å². The van der Waals surface area contributed by atoms with Crippen molar-refractivity contribution in [2.45, 2.75) is 105 Å². The fourth-order valence-corrected chi connectivity index (χ4v) is 8.83. The van der Waals surface area contributed by atoms with E-state index in [2.05, 4.69) is 59.8 Å². The maximum Gasteiger partial charge on any atom is 0.0577 e. The number of hydrogen-bond acceptors (Lipinski definition) is 1. The number of allylic oxidation sites excluding steroid dienone is 3. The molecule has 170 valence electrons. The molecular weight excluding hydrogens is 364 g/mol. The van der Waals surface area contributed by atoms with Crippen molar-refractivity contribution in [3.63, 3.8) is 0 Å². The summed E-state index contributed by atoms with van der Waals surface area (Å²) in [5.74, 6) is 5.70. The summed E-state index contributed by atoms with van der Waals surface area (Å²) in [4.78, 5) is 0. The van der Waals surface area contributed by atoms with E-state index in [0.717, 1.165) is 48.3 Å². The Morgan fingerprint density at radius 2 is 1.80 bits per heavy atom. The van der Waals surface area contributed by atoms with Crippen molar-refractivity contribution in [2.24, 2.45) is 52.3 Å². The van der Waals surface area contributed by atoms with Crippen LogP contribution in [0.25, 0.3) is 0 Å². The van der Waals surface area contributed by atoms with Crippen molar-refractivity contribution in [2.75, 3.05) is 0 Å². The lowest BCUT2D eigenvalue weighted by atomic mass is 9.47. The Kier molecular flexibility index (Phi) is 6.35. The standard InChI is InChI=1S/C29H48O/c1-7-21(19(2)3)9-8-20(4)25-12-13-26-24-11-10-22-18-23(30)14-16-28(22,5)27(24)15-17-29(25,26)6/h8-10,19-21,23-27,30H,7,11-18H2,1-6H3/b9-8+/t20-,21?,23?,24?,25-,26?,27?,28+,29-/m1/s1. The summed E-state index contributed by atoms with van der Waals surface area (Å²) in [6.45, 7) is 14.8. The Bertz CT molecular complexity index is 674. The summed E-state index contributed by atoms with van der Waals surface area (Å²) in [6, 6.07) is 0. The van der Waals surface area contributed by atoms with Crippen LogP contribution in [0.4, 0.5) is 0 Å². The lowest BCUT2D eigenvalue weighted by Gasteiger charge is -2.58. The highest BCUT2D eigenvalue weighted by molar-refractivity contribution is 5.25. The van der Waals surface area contributed by atoms with Crippen LogP contribution in [0.15, 0.2) is 23.8 Å². The monoisotopic (exact) mass is 412 g/mol. The SMILES string of the molecule is CCC(/C=C/[C@@H](C)[C@H]1CCC2C3CC=C4CC(O)CC[C@]4(C)C3CC[C@@]21C)C(C)C. The van der Waals surface area contributed by atoms with Crippen LogP contribution >= 0.6 is 0 Å². The van der Waals surface area contributed by atoms with Crippen LogP contribution < -0.4 is 0 Å². The molecule has 0 heterocycles. The Balaban J connectivity index is 1.52. The van der Waals surface area contributed by atoms with Gasteiger partial charge < -0.3 is 5.11 Å². The van der Waals surface area contributed by atoms with Gasteiger partial charge in [-0.3, -0.25) is 0 Å². The largest absolute Gasteiger partial charge is 0.393 e. The van der Waals surface area contributed by atoms with Gasteiger partial charge in [-0.2, -0.15) is 0 Å². The molecule has 4 rings (SSSR count). The minimum Gasteiger partial charge on any atom is -0.393 e. The van der Waals surface area contributed by atoms with Gasteiger partial charge in [-0.15, -0.1) is 0 Å². The molecule has 0 amide bonds. The molecule has 0 saturated heterocycles. The molecule has 0 aromatic rings. The highest BCUT2D eigenvalue weighted by Gasteiger charge is 2.58. The zero-order valence-electron chi connectivity index (χ0n) is 20.7. The van der Waals surface area contributed by atoms with Crippen molar-refractivity contribution >= 4 is 0 Å². The Hall–Kier alpha value is -0.560. The van der Waals surface area contributed by atoms with E-state index >= 15 is 0 Å². The molecule has 0 aromatic carbocycles. The molecule has 1 heteroatoms. The van der Waals surface area contributed by atoms with Crippen molar-refractivity contribution in [3.05, 3.63) is 23.8 Å². The van der Waals surface area contributed by atoms with Crippen LogP contribution in [0.5, 0.6) is 0 Å². The third-order valence-electron chi connectivity index (χ3n) is 10.8. The van der Waals surface area contributed by atoms with Gasteiger partial charge in [0.05, 0.1) is 6.10 Å². The summed E-state index contributed by atoms with van der Waals surface area (Å²) in [5.41, 5.74) is 2.51. The maximum absolute atomic E-state index is 10.2. The highest BCUT2D eigenvalue weighted by atomic mass is 16.3. The van der Waals surface area contributed by atoms with E-state index in [1.807, 2.05) is 0 Å². The Labute approximate surface area is 186 Å². The summed E-state index contributed by atoms with van der Waals surface area (Å²) in [7, 11) is 0. The second kappa shape index (κ2) is 8.42. The zero-order valence-corrected chi connectivity index (χ0v) is 20.7. The van der Waals surface area contributed by atoms with E-state index in [9.17, 15) is 5.11 Å². The number of aliphatic hydroxyl groups is 1. The zero-order chi connectivity index (χ0) is 21.7. The first-order valence-corrected chi connectivity index (χ1v) is 13.3. The van der Waals surface area contributed by atoms with E-state index in [1.54, 1.807) is 5.57 Å². The number of hydrogen-bond donors (Lipinski definition) is 1. The molecule has 0 aliphatic heterocycles. The van der Waals surface area contributed by atoms with Gasteiger partial charge in [-0.25, -0.2) is 0 Å². The van der Waals surface area contributed by atoms with E-state index in [4.69, 9.17) is 0 Å². The molecule has 4 aliphatic rings. The van der Waals surface area contributed by atoms with Crippen molar-refractivity contribution < 1.29 is 5.11 Å². The molecule has 0 bridgehead atoms. The number of aliphatic hydroxyl groups excluding tert-OH is 1. The average Bonchev–Trinajstić information content (AvgIpc) is 3.06. The van der Waals surface area contributed by atoms with Gasteiger partial charge in [0.25, 0.3) is 0 Å². The molecule has 0 aromatic heterocycles. The predicted molar refractivity (Wildman–Crippen MR) is 128 cm³/mol. The lowest BCUT2D eigenvalue weighted by molar-refractivity contribution is -0.0540. The maximum atomic E-state index is 10.2. The first-order chi connectivity index (χ1) is 14.2. The molecule has 4 aliphatic carbocycles. The molecule has 30 heavy (non-hydrogen) atoms. The number of fused-ring (bicyclic) bond motifs is 5. The minimum atomic E-state index is -0.0870. The van der Waals surface area contributed by atoms with Crippen molar-refractivity contribution in [3.8, 4) is 0 Å². The third kappa shape index (κ3) is 3.66. The first-order valence-electron chi connectivity index (χ1n) is 13.3. The molecule has 9 atom stereocenters. The summed E-state index contributed by atoms with van der Waals surface area (Å²) < 4.78 is 0. The summed E-state index contributed by atoms with van der Waals surface area (Å²) in [6.07, 6.45) is 19.1. The van der Waals surface area contributed by atoms with E-state index < -0.39 is 0 Å².